The van der Waals surface area contributed by atoms with Crippen LogP contribution in [0.5, 0.6) is 17.2 Å². The zero-order chi connectivity index (χ0) is 20.7. The molecule has 30 heavy (non-hydrogen) atoms. The highest BCUT2D eigenvalue weighted by atomic mass is 79.9. The summed E-state index contributed by atoms with van der Waals surface area (Å²) in [6.07, 6.45) is 0.503. The van der Waals surface area contributed by atoms with Gasteiger partial charge in [-0.05, 0) is 54.8 Å². The molecule has 0 amide bonds. The Bertz CT molecular complexity index is 1100. The molecule has 0 aliphatic carbocycles. The fourth-order valence-corrected chi connectivity index (χ4v) is 5.08. The molecule has 3 heterocycles. The van der Waals surface area contributed by atoms with Crippen molar-refractivity contribution in [2.75, 3.05) is 13.7 Å². The lowest BCUT2D eigenvalue weighted by Crippen LogP contribution is -2.33. The Balaban J connectivity index is 1.58. The first-order chi connectivity index (χ1) is 14.7. The molecule has 0 unspecified atom stereocenters. The van der Waals surface area contributed by atoms with Crippen molar-refractivity contribution < 1.29 is 14.2 Å². The smallest absolute Gasteiger partial charge is 0.214 e. The van der Waals surface area contributed by atoms with Gasteiger partial charge in [-0.2, -0.15) is 5.10 Å². The minimum atomic E-state index is -0.342. The molecule has 0 radical (unpaired) electrons. The molecule has 3 aromatic rings. The summed E-state index contributed by atoms with van der Waals surface area (Å²) in [5, 5.41) is 9.17. The van der Waals surface area contributed by atoms with Crippen LogP contribution in [0.25, 0.3) is 0 Å². The van der Waals surface area contributed by atoms with Crippen LogP contribution in [-0.2, 0) is 0 Å². The van der Waals surface area contributed by atoms with E-state index in [0.717, 1.165) is 39.2 Å². The number of halogens is 1. The van der Waals surface area contributed by atoms with Gasteiger partial charge in [0.15, 0.2) is 11.5 Å². The number of methoxy groups -OCH3 is 1. The number of fused-ring (bicyclic) bond motifs is 3. The molecule has 0 N–H and O–H groups in total. The van der Waals surface area contributed by atoms with Gasteiger partial charge < -0.3 is 14.2 Å². The Hall–Kier alpha value is -2.51. The molecule has 5 rings (SSSR count). The lowest BCUT2D eigenvalue weighted by molar-refractivity contribution is -0.0192. The fraction of sp³-hybridized carbons (Fsp3) is 0.261. The first kappa shape index (κ1) is 19.5. The molecule has 1 aromatic heterocycles. The third-order valence-electron chi connectivity index (χ3n) is 5.33. The summed E-state index contributed by atoms with van der Waals surface area (Å²) in [6, 6.07) is 16.4. The Morgan fingerprint density at radius 3 is 2.87 bits per heavy atom. The minimum absolute atomic E-state index is 0.117. The average Bonchev–Trinajstić information content (AvgIpc) is 3.44. The zero-order valence-electron chi connectivity index (χ0n) is 16.7. The lowest BCUT2D eigenvalue weighted by atomic mass is 9.97. The maximum atomic E-state index is 6.46. The number of hydrogen-bond acceptors (Lipinski definition) is 6. The molecule has 0 spiro atoms. The highest BCUT2D eigenvalue weighted by Crippen LogP contribution is 2.49. The Morgan fingerprint density at radius 1 is 1.20 bits per heavy atom. The Kier molecular flexibility index (Phi) is 5.16. The van der Waals surface area contributed by atoms with Crippen molar-refractivity contribution >= 4 is 33.0 Å². The number of nitrogens with zero attached hydrogens (tertiary/aromatic N) is 2. The fourth-order valence-electron chi connectivity index (χ4n) is 3.98. The van der Waals surface area contributed by atoms with Crippen LogP contribution < -0.4 is 14.2 Å². The molecule has 5 nitrogen and oxygen atoms in total. The van der Waals surface area contributed by atoms with E-state index in [1.165, 1.54) is 4.88 Å². The van der Waals surface area contributed by atoms with E-state index in [4.69, 9.17) is 19.3 Å². The van der Waals surface area contributed by atoms with E-state index in [0.29, 0.717) is 12.4 Å². The van der Waals surface area contributed by atoms with Gasteiger partial charge in [0.2, 0.25) is 6.23 Å². The molecule has 0 bridgehead atoms. The molecule has 7 heteroatoms. The molecule has 2 aliphatic rings. The number of ether oxygens (including phenoxy) is 3. The molecule has 0 saturated carbocycles. The van der Waals surface area contributed by atoms with Crippen molar-refractivity contribution in [1.29, 1.82) is 0 Å². The quantitative estimate of drug-likeness (QED) is 0.434. The predicted molar refractivity (Wildman–Crippen MR) is 122 cm³/mol. The molecule has 2 aromatic carbocycles. The van der Waals surface area contributed by atoms with Gasteiger partial charge in [-0.15, -0.1) is 11.3 Å². The first-order valence-corrected chi connectivity index (χ1v) is 11.5. The van der Waals surface area contributed by atoms with Crippen molar-refractivity contribution in [3.63, 3.8) is 0 Å². The van der Waals surface area contributed by atoms with Crippen molar-refractivity contribution in [2.45, 2.75) is 25.6 Å². The third kappa shape index (κ3) is 3.36. The highest BCUT2D eigenvalue weighted by molar-refractivity contribution is 9.10. The van der Waals surface area contributed by atoms with Crippen LogP contribution in [0.15, 0.2) is 63.5 Å². The van der Waals surface area contributed by atoms with Gasteiger partial charge in [-0.1, -0.05) is 22.0 Å². The van der Waals surface area contributed by atoms with Gasteiger partial charge in [0.05, 0.1) is 30.3 Å². The summed E-state index contributed by atoms with van der Waals surface area (Å²) in [5.74, 6) is 2.31. The number of thiophene rings is 1. The molecule has 0 saturated heterocycles. The molecular formula is C23H21BrN2O3S. The topological polar surface area (TPSA) is 43.3 Å². The van der Waals surface area contributed by atoms with Gasteiger partial charge in [0.25, 0.3) is 0 Å². The van der Waals surface area contributed by atoms with Crippen molar-refractivity contribution in [2.24, 2.45) is 5.10 Å². The minimum Gasteiger partial charge on any atom is -0.493 e. The van der Waals surface area contributed by atoms with Crippen LogP contribution in [0.1, 0.15) is 41.6 Å². The van der Waals surface area contributed by atoms with Crippen LogP contribution in [-0.4, -0.2) is 24.4 Å². The standard InChI is InChI=1S/C23H21BrN2O3S/c1-3-28-20-8-6-14(11-21(20)27-2)23-26-18(13-17(25-26)22-5-4-10-30-22)16-12-15(24)7-9-19(16)29-23/h4-12,18,23H,3,13H2,1-2H3/t18-,23-/m0/s1. The summed E-state index contributed by atoms with van der Waals surface area (Å²) < 4.78 is 18.7. The van der Waals surface area contributed by atoms with Gasteiger partial charge in [-0.3, -0.25) is 0 Å². The van der Waals surface area contributed by atoms with Crippen LogP contribution in [0.3, 0.4) is 0 Å². The molecule has 2 atom stereocenters. The number of hydrogen-bond donors (Lipinski definition) is 0. The van der Waals surface area contributed by atoms with E-state index in [-0.39, 0.29) is 12.3 Å². The molecular weight excluding hydrogens is 464 g/mol. The second kappa shape index (κ2) is 7.96. The monoisotopic (exact) mass is 484 g/mol. The Labute approximate surface area is 188 Å². The maximum Gasteiger partial charge on any atom is 0.214 e. The second-order valence-electron chi connectivity index (χ2n) is 7.12. The second-order valence-corrected chi connectivity index (χ2v) is 8.98. The number of rotatable bonds is 5. The maximum absolute atomic E-state index is 6.46. The van der Waals surface area contributed by atoms with E-state index in [9.17, 15) is 0 Å². The number of hydrazone groups is 1. The summed E-state index contributed by atoms with van der Waals surface area (Å²) >= 11 is 5.32. The Morgan fingerprint density at radius 2 is 2.10 bits per heavy atom. The predicted octanol–water partition coefficient (Wildman–Crippen LogP) is 6.16. The normalized spacial score (nSPS) is 19.6. The van der Waals surface area contributed by atoms with Crippen LogP contribution in [0.4, 0.5) is 0 Å². The van der Waals surface area contributed by atoms with Crippen molar-refractivity contribution in [3.8, 4) is 17.2 Å². The summed E-state index contributed by atoms with van der Waals surface area (Å²) in [5.41, 5.74) is 3.22. The number of benzene rings is 2. The lowest BCUT2D eigenvalue weighted by Gasteiger charge is -2.38. The summed E-state index contributed by atoms with van der Waals surface area (Å²) in [6.45, 7) is 2.54. The van der Waals surface area contributed by atoms with Crippen LogP contribution in [0.2, 0.25) is 0 Å². The highest BCUT2D eigenvalue weighted by Gasteiger charge is 2.41. The van der Waals surface area contributed by atoms with Gasteiger partial charge >= 0.3 is 0 Å². The third-order valence-corrected chi connectivity index (χ3v) is 6.74. The molecule has 0 fully saturated rings. The van der Waals surface area contributed by atoms with E-state index < -0.39 is 0 Å². The van der Waals surface area contributed by atoms with Crippen molar-refractivity contribution in [1.82, 2.24) is 5.01 Å². The average molecular weight is 485 g/mol. The van der Waals surface area contributed by atoms with Crippen LogP contribution >= 0.6 is 27.3 Å². The largest absolute Gasteiger partial charge is 0.493 e. The SMILES string of the molecule is CCOc1ccc([C@@H]2Oc3ccc(Br)cc3[C@@H]3CC(c4cccs4)=NN32)cc1OC. The van der Waals surface area contributed by atoms with Gasteiger partial charge in [-0.25, -0.2) is 5.01 Å². The first-order valence-electron chi connectivity index (χ1n) is 9.84. The van der Waals surface area contributed by atoms with Crippen LogP contribution in [0, 0.1) is 0 Å². The van der Waals surface area contributed by atoms with Crippen molar-refractivity contribution in [3.05, 3.63) is 74.4 Å². The van der Waals surface area contributed by atoms with E-state index in [1.807, 2.05) is 37.3 Å². The van der Waals surface area contributed by atoms with E-state index in [1.54, 1.807) is 18.4 Å². The van der Waals surface area contributed by atoms with E-state index in [2.05, 4.69) is 44.5 Å². The summed E-state index contributed by atoms with van der Waals surface area (Å²) in [7, 11) is 1.65. The van der Waals surface area contributed by atoms with Gasteiger partial charge in [0, 0.05) is 22.0 Å². The molecule has 154 valence electrons. The van der Waals surface area contributed by atoms with E-state index >= 15 is 0 Å². The summed E-state index contributed by atoms with van der Waals surface area (Å²) in [4.78, 5) is 1.20. The molecule has 2 aliphatic heterocycles. The van der Waals surface area contributed by atoms with Gasteiger partial charge in [0.1, 0.15) is 5.75 Å². The zero-order valence-corrected chi connectivity index (χ0v) is 19.1.